The molecular weight excluding hydrogens is 391 g/mol. The fourth-order valence-electron chi connectivity index (χ4n) is 3.47. The first-order valence-corrected chi connectivity index (χ1v) is 8.89. The molecule has 4 rings (SSSR count). The molecule has 2 aliphatic heterocycles. The van der Waals surface area contributed by atoms with Crippen LogP contribution in [-0.4, -0.2) is 50.5 Å². The van der Waals surface area contributed by atoms with Gasteiger partial charge in [0.05, 0.1) is 19.4 Å². The van der Waals surface area contributed by atoms with Crippen molar-refractivity contribution >= 4 is 11.6 Å². The van der Waals surface area contributed by atoms with Gasteiger partial charge in [-0.15, -0.1) is 10.2 Å². The monoisotopic (exact) mass is 409 g/mol. The van der Waals surface area contributed by atoms with Crippen molar-refractivity contribution < 1.29 is 27.5 Å². The van der Waals surface area contributed by atoms with E-state index in [9.17, 15) is 18.0 Å². The second kappa shape index (κ2) is 6.75. The van der Waals surface area contributed by atoms with Crippen LogP contribution in [0.1, 0.15) is 30.6 Å². The summed E-state index contributed by atoms with van der Waals surface area (Å²) in [5.41, 5.74) is 0.184. The Morgan fingerprint density at radius 2 is 1.93 bits per heavy atom. The molecule has 1 amide bonds. The summed E-state index contributed by atoms with van der Waals surface area (Å²) in [6.45, 7) is 1.61. The highest BCUT2D eigenvalue weighted by Crippen LogP contribution is 2.32. The molecule has 2 aromatic rings. The molecule has 0 fully saturated rings. The zero-order valence-corrected chi connectivity index (χ0v) is 15.7. The summed E-state index contributed by atoms with van der Waals surface area (Å²) in [5, 5.41) is 10.9. The molecule has 1 aromatic heterocycles. The van der Waals surface area contributed by atoms with E-state index in [4.69, 9.17) is 9.57 Å². The number of hydrogen-bond donors (Lipinski definition) is 0. The minimum atomic E-state index is -4.58. The van der Waals surface area contributed by atoms with Crippen LogP contribution in [0.3, 0.4) is 0 Å². The normalized spacial score (nSPS) is 21.4. The lowest BCUT2D eigenvalue weighted by molar-refractivity contribution is -0.155. The summed E-state index contributed by atoms with van der Waals surface area (Å²) in [4.78, 5) is 19.9. The number of aromatic nitrogens is 3. The first-order valence-electron chi connectivity index (χ1n) is 8.89. The van der Waals surface area contributed by atoms with Crippen molar-refractivity contribution in [2.75, 3.05) is 13.7 Å². The Morgan fingerprint density at radius 1 is 1.21 bits per heavy atom. The Hall–Kier alpha value is -3.11. The van der Waals surface area contributed by atoms with Crippen LogP contribution in [-0.2, 0) is 28.9 Å². The van der Waals surface area contributed by atoms with Crippen LogP contribution in [0.15, 0.2) is 29.4 Å². The third-order valence-electron chi connectivity index (χ3n) is 5.03. The van der Waals surface area contributed by atoms with Gasteiger partial charge in [0.25, 0.3) is 5.91 Å². The number of hydrogen-bond acceptors (Lipinski definition) is 6. The van der Waals surface area contributed by atoms with Gasteiger partial charge in [-0.3, -0.25) is 4.79 Å². The van der Waals surface area contributed by atoms with Gasteiger partial charge >= 0.3 is 6.18 Å². The molecule has 0 saturated heterocycles. The largest absolute Gasteiger partial charge is 0.497 e. The van der Waals surface area contributed by atoms with Crippen LogP contribution in [0.2, 0.25) is 0 Å². The number of benzene rings is 1. The number of oxime groups is 1. The maximum atomic E-state index is 13.0. The van der Waals surface area contributed by atoms with E-state index >= 15 is 0 Å². The van der Waals surface area contributed by atoms with Crippen molar-refractivity contribution in [3.8, 4) is 5.75 Å². The second-order valence-corrected chi connectivity index (χ2v) is 7.08. The molecular formula is C18H18F3N5O3. The van der Waals surface area contributed by atoms with E-state index in [1.54, 1.807) is 26.2 Å². The van der Waals surface area contributed by atoms with Crippen molar-refractivity contribution in [3.63, 3.8) is 0 Å². The Labute approximate surface area is 163 Å². The van der Waals surface area contributed by atoms with Gasteiger partial charge in [-0.05, 0) is 36.8 Å². The van der Waals surface area contributed by atoms with Crippen molar-refractivity contribution in [3.05, 3.63) is 41.5 Å². The molecule has 8 nitrogen and oxygen atoms in total. The summed E-state index contributed by atoms with van der Waals surface area (Å²) in [5.74, 6) is -0.613. The van der Waals surface area contributed by atoms with Crippen molar-refractivity contribution in [1.82, 2.24) is 19.7 Å². The molecule has 1 unspecified atom stereocenters. The number of nitrogens with zero attached hydrogens (tertiary/aromatic N) is 5. The number of carbonyl (C=O) groups is 1. The molecule has 0 bridgehead atoms. The predicted molar refractivity (Wildman–Crippen MR) is 94.1 cm³/mol. The van der Waals surface area contributed by atoms with E-state index in [-0.39, 0.29) is 37.8 Å². The summed E-state index contributed by atoms with van der Waals surface area (Å²) in [6.07, 6.45) is -4.34. The van der Waals surface area contributed by atoms with E-state index in [1.165, 1.54) is 4.90 Å². The Bertz CT molecular complexity index is 970. The first kappa shape index (κ1) is 19.2. The molecule has 0 aliphatic carbocycles. The number of rotatable bonds is 3. The van der Waals surface area contributed by atoms with Gasteiger partial charge in [0.2, 0.25) is 11.4 Å². The lowest BCUT2D eigenvalue weighted by Gasteiger charge is -2.33. The fraction of sp³-hybridized carbons (Fsp3) is 0.444. The lowest BCUT2D eigenvalue weighted by atomic mass is 9.94. The first-order chi connectivity index (χ1) is 13.7. The molecule has 0 spiro atoms. The molecule has 154 valence electrons. The Balaban J connectivity index is 1.47. The SMILES string of the molecule is COc1ccc(C2=NOC(C)(C(=O)N3CCn4c(nnc4C(F)(F)F)C3)C2)cc1. The van der Waals surface area contributed by atoms with Crippen LogP contribution >= 0.6 is 0 Å². The fourth-order valence-corrected chi connectivity index (χ4v) is 3.47. The second-order valence-electron chi connectivity index (χ2n) is 7.08. The molecule has 0 saturated carbocycles. The molecule has 0 N–H and O–H groups in total. The lowest BCUT2D eigenvalue weighted by Crippen LogP contribution is -2.50. The molecule has 1 atom stereocenters. The minimum absolute atomic E-state index is 0.0365. The zero-order chi connectivity index (χ0) is 20.8. The van der Waals surface area contributed by atoms with Crippen LogP contribution in [0, 0.1) is 0 Å². The van der Waals surface area contributed by atoms with Gasteiger partial charge in [0.1, 0.15) is 5.75 Å². The van der Waals surface area contributed by atoms with Crippen molar-refractivity contribution in [1.29, 1.82) is 0 Å². The summed E-state index contributed by atoms with van der Waals surface area (Å²) in [6, 6.07) is 7.20. The van der Waals surface area contributed by atoms with E-state index < -0.39 is 17.6 Å². The van der Waals surface area contributed by atoms with Gasteiger partial charge in [0.15, 0.2) is 5.82 Å². The summed E-state index contributed by atoms with van der Waals surface area (Å²) in [7, 11) is 1.57. The number of halogens is 3. The Kier molecular flexibility index (Phi) is 4.47. The van der Waals surface area contributed by atoms with Gasteiger partial charge in [0, 0.05) is 19.5 Å². The van der Waals surface area contributed by atoms with Gasteiger partial charge in [-0.2, -0.15) is 13.2 Å². The molecule has 2 aliphatic rings. The summed E-state index contributed by atoms with van der Waals surface area (Å²) < 4.78 is 45.1. The maximum Gasteiger partial charge on any atom is 0.451 e. The quantitative estimate of drug-likeness (QED) is 0.777. The average molecular weight is 409 g/mol. The number of alkyl halides is 3. The molecule has 0 radical (unpaired) electrons. The van der Waals surface area contributed by atoms with E-state index in [0.717, 1.165) is 10.1 Å². The summed E-state index contributed by atoms with van der Waals surface area (Å²) >= 11 is 0. The molecule has 29 heavy (non-hydrogen) atoms. The number of fused-ring (bicyclic) bond motifs is 1. The van der Waals surface area contributed by atoms with Crippen LogP contribution in [0.25, 0.3) is 0 Å². The standard InChI is InChI=1S/C18H18F3N5O3/c1-17(9-13(24-29-17)11-3-5-12(28-2)6-4-11)16(27)25-7-8-26-14(10-25)22-23-15(26)18(19,20)21/h3-6H,7-10H2,1-2H3. The van der Waals surface area contributed by atoms with Crippen molar-refractivity contribution in [2.45, 2.75) is 38.2 Å². The van der Waals surface area contributed by atoms with Gasteiger partial charge in [-0.1, -0.05) is 5.16 Å². The zero-order valence-electron chi connectivity index (χ0n) is 15.7. The van der Waals surface area contributed by atoms with Crippen molar-refractivity contribution in [2.24, 2.45) is 5.16 Å². The highest BCUT2D eigenvalue weighted by Gasteiger charge is 2.46. The number of amides is 1. The third-order valence-corrected chi connectivity index (χ3v) is 5.03. The van der Waals surface area contributed by atoms with Crippen LogP contribution < -0.4 is 4.74 Å². The number of carbonyl (C=O) groups excluding carboxylic acids is 1. The van der Waals surface area contributed by atoms with Gasteiger partial charge in [-0.25, -0.2) is 0 Å². The average Bonchev–Trinajstić information content (AvgIpc) is 3.31. The van der Waals surface area contributed by atoms with Crippen LogP contribution in [0.5, 0.6) is 5.75 Å². The molecule has 1 aromatic carbocycles. The third kappa shape index (κ3) is 3.40. The highest BCUT2D eigenvalue weighted by molar-refractivity contribution is 6.05. The van der Waals surface area contributed by atoms with Gasteiger partial charge < -0.3 is 19.0 Å². The predicted octanol–water partition coefficient (Wildman–Crippen LogP) is 2.23. The number of ether oxygens (including phenoxy) is 1. The van der Waals surface area contributed by atoms with E-state index in [1.807, 2.05) is 12.1 Å². The smallest absolute Gasteiger partial charge is 0.451 e. The molecule has 3 heterocycles. The molecule has 11 heteroatoms. The highest BCUT2D eigenvalue weighted by atomic mass is 19.4. The Morgan fingerprint density at radius 3 is 2.59 bits per heavy atom. The topological polar surface area (TPSA) is 81.8 Å². The maximum absolute atomic E-state index is 13.0. The van der Waals surface area contributed by atoms with Crippen LogP contribution in [0.4, 0.5) is 13.2 Å². The minimum Gasteiger partial charge on any atom is -0.497 e. The number of methoxy groups -OCH3 is 1. The van der Waals surface area contributed by atoms with E-state index in [0.29, 0.717) is 11.5 Å². The van der Waals surface area contributed by atoms with E-state index in [2.05, 4.69) is 15.4 Å².